The number of nitrogens with two attached hydrogens (primary N) is 1. The Balaban J connectivity index is 2.29. The number of nitrogens with one attached hydrogen (secondary N) is 1. The van der Waals surface area contributed by atoms with E-state index in [4.69, 9.17) is 10.3 Å². The third-order valence-electron chi connectivity index (χ3n) is 3.52. The van der Waals surface area contributed by atoms with Crippen molar-refractivity contribution >= 4 is 11.9 Å². The summed E-state index contributed by atoms with van der Waals surface area (Å²) in [6, 6.07) is 14.3. The predicted molar refractivity (Wildman–Crippen MR) is 86.0 cm³/mol. The topological polar surface area (TPSA) is 118 Å². The van der Waals surface area contributed by atoms with E-state index in [2.05, 4.69) is 10.4 Å². The van der Waals surface area contributed by atoms with Gasteiger partial charge in [-0.2, -0.15) is 0 Å². The van der Waals surface area contributed by atoms with Crippen molar-refractivity contribution in [1.82, 2.24) is 10.4 Å². The van der Waals surface area contributed by atoms with Gasteiger partial charge in [-0.3, -0.25) is 10.2 Å². The van der Waals surface area contributed by atoms with Crippen molar-refractivity contribution in [2.75, 3.05) is 0 Å². The highest BCUT2D eigenvalue weighted by molar-refractivity contribution is 6.07. The van der Waals surface area contributed by atoms with Crippen molar-refractivity contribution in [3.8, 4) is 22.5 Å². The third-order valence-corrected chi connectivity index (χ3v) is 3.52. The zero-order valence-corrected chi connectivity index (χ0v) is 12.4. The highest BCUT2D eigenvalue weighted by Crippen LogP contribution is 2.33. The number of nitrogen functional groups attached to an aromatic ring is 1. The minimum atomic E-state index is -1.25. The predicted octanol–water partition coefficient (Wildman–Crippen LogP) is 2.31. The van der Waals surface area contributed by atoms with E-state index in [9.17, 15) is 14.7 Å². The molecule has 1 aromatic heterocycles. The Morgan fingerprint density at radius 3 is 2.42 bits per heavy atom. The number of hydrogen-bond donors (Lipinski definition) is 3. The van der Waals surface area contributed by atoms with Crippen molar-refractivity contribution in [2.24, 2.45) is 5.84 Å². The van der Waals surface area contributed by atoms with Gasteiger partial charge in [0.25, 0.3) is 5.91 Å². The highest BCUT2D eigenvalue weighted by Gasteiger charge is 2.24. The molecule has 7 heteroatoms. The smallest absolute Gasteiger partial charge is 0.358 e. The number of oxazole rings is 1. The fourth-order valence-corrected chi connectivity index (χ4v) is 2.51. The van der Waals surface area contributed by atoms with E-state index in [0.29, 0.717) is 11.1 Å². The highest BCUT2D eigenvalue weighted by atomic mass is 16.4. The summed E-state index contributed by atoms with van der Waals surface area (Å²) in [5.74, 6) is 3.50. The van der Waals surface area contributed by atoms with Crippen molar-refractivity contribution < 1.29 is 19.1 Å². The molecule has 0 radical (unpaired) electrons. The lowest BCUT2D eigenvalue weighted by molar-refractivity contribution is 0.0691. The first-order chi connectivity index (χ1) is 11.6. The summed E-state index contributed by atoms with van der Waals surface area (Å²) < 4.78 is 5.23. The molecule has 0 spiro atoms. The number of carbonyl (C=O) groups is 2. The second-order valence-corrected chi connectivity index (χ2v) is 4.90. The molecule has 0 aliphatic heterocycles. The van der Waals surface area contributed by atoms with Crippen LogP contribution < -0.4 is 11.3 Å². The average Bonchev–Trinajstić information content (AvgIpc) is 3.11. The van der Waals surface area contributed by atoms with E-state index < -0.39 is 11.9 Å². The van der Waals surface area contributed by atoms with Crippen LogP contribution in [0.4, 0.5) is 0 Å². The van der Waals surface area contributed by atoms with E-state index in [0.717, 1.165) is 12.0 Å². The number of benzene rings is 2. The molecule has 3 rings (SSSR count). The number of amides is 1. The van der Waals surface area contributed by atoms with Gasteiger partial charge in [0.15, 0.2) is 17.8 Å². The lowest BCUT2D eigenvalue weighted by Crippen LogP contribution is -2.31. The molecule has 0 fully saturated rings. The maximum absolute atomic E-state index is 12.4. The number of aromatic carboxylic acids is 1. The monoisotopic (exact) mass is 323 g/mol. The van der Waals surface area contributed by atoms with Gasteiger partial charge in [0, 0.05) is 5.56 Å². The molecule has 0 saturated heterocycles. The maximum Gasteiger partial charge on any atom is 0.358 e. The summed E-state index contributed by atoms with van der Waals surface area (Å²) in [7, 11) is 0. The molecule has 4 N–H and O–H groups in total. The zero-order valence-electron chi connectivity index (χ0n) is 12.4. The molecule has 0 unspecified atom stereocenters. The third kappa shape index (κ3) is 2.64. The summed E-state index contributed by atoms with van der Waals surface area (Å²) in [5.41, 5.74) is 3.72. The van der Waals surface area contributed by atoms with Crippen LogP contribution in [0, 0.1) is 0 Å². The van der Waals surface area contributed by atoms with Crippen molar-refractivity contribution in [3.05, 3.63) is 66.2 Å². The van der Waals surface area contributed by atoms with Crippen LogP contribution in [-0.2, 0) is 0 Å². The number of aromatic nitrogens is 1. The molecule has 3 aromatic rings. The number of hydrazine groups is 1. The Bertz CT molecular complexity index is 903. The van der Waals surface area contributed by atoms with E-state index in [1.807, 2.05) is 30.3 Å². The van der Waals surface area contributed by atoms with Crippen LogP contribution in [0.15, 0.2) is 59.3 Å². The van der Waals surface area contributed by atoms with Crippen LogP contribution in [0.1, 0.15) is 20.8 Å². The summed E-state index contributed by atoms with van der Waals surface area (Å²) >= 11 is 0. The van der Waals surface area contributed by atoms with Gasteiger partial charge in [-0.15, -0.1) is 0 Å². The number of rotatable bonds is 4. The van der Waals surface area contributed by atoms with Crippen LogP contribution in [0.25, 0.3) is 22.5 Å². The van der Waals surface area contributed by atoms with Crippen LogP contribution in [0.3, 0.4) is 0 Å². The Morgan fingerprint density at radius 2 is 1.75 bits per heavy atom. The van der Waals surface area contributed by atoms with Crippen molar-refractivity contribution in [2.45, 2.75) is 0 Å². The van der Waals surface area contributed by atoms with Crippen molar-refractivity contribution in [1.29, 1.82) is 0 Å². The molecule has 1 amide bonds. The van der Waals surface area contributed by atoms with Gasteiger partial charge in [0.2, 0.25) is 0 Å². The van der Waals surface area contributed by atoms with Crippen LogP contribution in [0.5, 0.6) is 0 Å². The normalized spacial score (nSPS) is 10.4. The summed E-state index contributed by atoms with van der Waals surface area (Å²) in [5, 5.41) is 9.24. The Morgan fingerprint density at radius 1 is 1.04 bits per heavy atom. The van der Waals surface area contributed by atoms with Crippen LogP contribution in [-0.4, -0.2) is 22.0 Å². The first-order valence-electron chi connectivity index (χ1n) is 7.00. The van der Waals surface area contributed by atoms with Crippen LogP contribution >= 0.6 is 0 Å². The second kappa shape index (κ2) is 6.35. The van der Waals surface area contributed by atoms with Crippen molar-refractivity contribution in [3.63, 3.8) is 0 Å². The van der Waals surface area contributed by atoms with Crippen LogP contribution in [0.2, 0.25) is 0 Å². The Kier molecular flexibility index (Phi) is 4.09. The summed E-state index contributed by atoms with van der Waals surface area (Å²) in [6.45, 7) is 0. The fourth-order valence-electron chi connectivity index (χ4n) is 2.51. The van der Waals surface area contributed by atoms with E-state index in [1.165, 1.54) is 0 Å². The molecule has 0 aliphatic rings. The second-order valence-electron chi connectivity index (χ2n) is 4.90. The largest absolute Gasteiger partial charge is 0.476 e. The van der Waals surface area contributed by atoms with E-state index in [-0.39, 0.29) is 17.0 Å². The van der Waals surface area contributed by atoms with Gasteiger partial charge in [0.05, 0.1) is 5.56 Å². The molecule has 1 heterocycles. The van der Waals surface area contributed by atoms with Gasteiger partial charge in [0.1, 0.15) is 0 Å². The first-order valence-corrected chi connectivity index (χ1v) is 7.00. The summed E-state index contributed by atoms with van der Waals surface area (Å²) in [6.07, 6.45) is 1.03. The maximum atomic E-state index is 12.4. The van der Waals surface area contributed by atoms with Gasteiger partial charge in [-0.1, -0.05) is 48.5 Å². The van der Waals surface area contributed by atoms with E-state index in [1.54, 1.807) is 18.2 Å². The molecular weight excluding hydrogens is 310 g/mol. The van der Waals surface area contributed by atoms with Gasteiger partial charge in [-0.25, -0.2) is 15.6 Å². The minimum Gasteiger partial charge on any atom is -0.476 e. The van der Waals surface area contributed by atoms with Gasteiger partial charge < -0.3 is 9.52 Å². The lowest BCUT2D eigenvalue weighted by atomic mass is 9.93. The molecule has 7 nitrogen and oxygen atoms in total. The van der Waals surface area contributed by atoms with Gasteiger partial charge >= 0.3 is 5.97 Å². The standard InChI is InChI=1S/C17H13N3O4/c18-20-16(21)13-11(10-5-2-1-3-6-10)7-4-8-12(13)15-14(17(22)23)19-9-24-15/h1-9H,18H2,(H,20,21)(H,22,23). The quantitative estimate of drug-likeness (QED) is 0.385. The molecule has 24 heavy (non-hydrogen) atoms. The molecule has 2 aromatic carbocycles. The molecule has 120 valence electrons. The number of nitrogens with zero attached hydrogens (tertiary/aromatic N) is 1. The number of carboxylic acids is 1. The van der Waals surface area contributed by atoms with E-state index >= 15 is 0 Å². The minimum absolute atomic E-state index is 0.00104. The fraction of sp³-hybridized carbons (Fsp3) is 0. The number of carboxylic acid groups (broad SMARTS) is 1. The molecule has 0 aliphatic carbocycles. The molecule has 0 saturated carbocycles. The Hall–Kier alpha value is -3.45. The molecule has 0 atom stereocenters. The SMILES string of the molecule is NNC(=O)c1c(-c2ccccc2)cccc1-c1ocnc1C(=O)O. The number of carbonyl (C=O) groups excluding carboxylic acids is 1. The molecule has 0 bridgehead atoms. The first kappa shape index (κ1) is 15.4. The average molecular weight is 323 g/mol. The summed E-state index contributed by atoms with van der Waals surface area (Å²) in [4.78, 5) is 27.4. The Labute approximate surface area is 136 Å². The lowest BCUT2D eigenvalue weighted by Gasteiger charge is -2.13. The molecular formula is C17H13N3O4. The number of hydrogen-bond acceptors (Lipinski definition) is 5. The van der Waals surface area contributed by atoms with Gasteiger partial charge in [-0.05, 0) is 11.1 Å². The zero-order chi connectivity index (χ0) is 17.1.